The molecule has 1 N–H and O–H groups in total. The monoisotopic (exact) mass is 195 g/mol. The minimum atomic E-state index is -0.156. The third-order valence-corrected chi connectivity index (χ3v) is 1.72. The molecule has 14 heavy (non-hydrogen) atoms. The first-order valence-electron chi connectivity index (χ1n) is 4.06. The Kier molecular flexibility index (Phi) is 2.23. The Hall–Kier alpha value is -1.76. The van der Waals surface area contributed by atoms with Gasteiger partial charge in [-0.05, 0) is 0 Å². The average Bonchev–Trinajstić information content (AvgIpc) is 2.76. The molecule has 0 atom stereocenters. The maximum absolute atomic E-state index is 8.90. The minimum absolute atomic E-state index is 0.156. The Morgan fingerprint density at radius 3 is 3.07 bits per heavy atom. The van der Waals surface area contributed by atoms with Gasteiger partial charge in [-0.25, -0.2) is 0 Å². The molecular formula is C7H9N5O2. The molecule has 2 heterocycles. The topological polar surface area (TPSA) is 89.9 Å². The zero-order chi connectivity index (χ0) is 9.97. The molecule has 0 fully saturated rings. The van der Waals surface area contributed by atoms with Crippen LogP contribution in [0.1, 0.15) is 17.5 Å². The fraction of sp³-hybridized carbons (Fsp3) is 0.429. The number of rotatable bonds is 3. The van der Waals surface area contributed by atoms with E-state index < -0.39 is 0 Å². The van der Waals surface area contributed by atoms with Gasteiger partial charge in [-0.15, -0.1) is 10.2 Å². The standard InChI is InChI=1S/C7H9N5O2/c1-5-9-6(11-14-5)2-12-4-8-10-7(12)3-13/h4,13H,2-3H2,1H3. The van der Waals surface area contributed by atoms with Crippen molar-refractivity contribution in [3.05, 3.63) is 23.9 Å². The van der Waals surface area contributed by atoms with Gasteiger partial charge in [-0.1, -0.05) is 5.16 Å². The summed E-state index contributed by atoms with van der Waals surface area (Å²) in [6, 6.07) is 0. The van der Waals surface area contributed by atoms with Crippen LogP contribution in [0.2, 0.25) is 0 Å². The molecule has 0 radical (unpaired) electrons. The summed E-state index contributed by atoms with van der Waals surface area (Å²) in [5.74, 6) is 1.53. The van der Waals surface area contributed by atoms with Gasteiger partial charge in [0.1, 0.15) is 12.9 Å². The smallest absolute Gasteiger partial charge is 0.223 e. The van der Waals surface area contributed by atoms with Gasteiger partial charge in [0.05, 0.1) is 6.54 Å². The molecule has 2 aromatic heterocycles. The molecule has 2 aromatic rings. The molecule has 7 heteroatoms. The number of aryl methyl sites for hydroxylation is 1. The van der Waals surface area contributed by atoms with Crippen LogP contribution in [-0.4, -0.2) is 30.0 Å². The van der Waals surface area contributed by atoms with E-state index in [1.54, 1.807) is 11.5 Å². The summed E-state index contributed by atoms with van der Waals surface area (Å²) in [6.45, 7) is 1.96. The first-order chi connectivity index (χ1) is 6.79. The lowest BCUT2D eigenvalue weighted by Gasteiger charge is -1.98. The first kappa shape index (κ1) is 8.82. The van der Waals surface area contributed by atoms with Crippen LogP contribution in [0, 0.1) is 6.92 Å². The predicted octanol–water partition coefficient (Wildman–Crippen LogP) is -0.490. The number of aliphatic hydroxyl groups excluding tert-OH is 1. The van der Waals surface area contributed by atoms with Gasteiger partial charge in [-0.2, -0.15) is 4.98 Å². The van der Waals surface area contributed by atoms with Crippen molar-refractivity contribution < 1.29 is 9.63 Å². The normalized spacial score (nSPS) is 10.7. The van der Waals surface area contributed by atoms with Crippen molar-refractivity contribution in [3.8, 4) is 0 Å². The SMILES string of the molecule is Cc1nc(Cn2cnnc2CO)no1. The zero-order valence-electron chi connectivity index (χ0n) is 7.58. The van der Waals surface area contributed by atoms with E-state index in [1.165, 1.54) is 6.33 Å². The van der Waals surface area contributed by atoms with Crippen molar-refractivity contribution in [2.45, 2.75) is 20.1 Å². The van der Waals surface area contributed by atoms with Gasteiger partial charge in [0.15, 0.2) is 11.6 Å². The number of hydrogen-bond donors (Lipinski definition) is 1. The fourth-order valence-electron chi connectivity index (χ4n) is 1.09. The first-order valence-corrected chi connectivity index (χ1v) is 4.06. The van der Waals surface area contributed by atoms with E-state index in [2.05, 4.69) is 20.3 Å². The molecule has 0 aliphatic carbocycles. The quantitative estimate of drug-likeness (QED) is 0.710. The lowest BCUT2D eigenvalue weighted by molar-refractivity contribution is 0.265. The van der Waals surface area contributed by atoms with E-state index in [4.69, 9.17) is 9.63 Å². The Morgan fingerprint density at radius 2 is 2.43 bits per heavy atom. The number of aliphatic hydroxyl groups is 1. The molecule has 0 aromatic carbocycles. The highest BCUT2D eigenvalue weighted by molar-refractivity contribution is 4.90. The van der Waals surface area contributed by atoms with Crippen molar-refractivity contribution in [2.24, 2.45) is 0 Å². The summed E-state index contributed by atoms with van der Waals surface area (Å²) in [5, 5.41) is 20.0. The lowest BCUT2D eigenvalue weighted by Crippen LogP contribution is -2.05. The third-order valence-electron chi connectivity index (χ3n) is 1.72. The summed E-state index contributed by atoms with van der Waals surface area (Å²) in [5.41, 5.74) is 0. The summed E-state index contributed by atoms with van der Waals surface area (Å²) in [4.78, 5) is 4.03. The van der Waals surface area contributed by atoms with Gasteiger partial charge in [0.2, 0.25) is 5.89 Å². The van der Waals surface area contributed by atoms with E-state index >= 15 is 0 Å². The Morgan fingerprint density at radius 1 is 1.57 bits per heavy atom. The highest BCUT2D eigenvalue weighted by Gasteiger charge is 2.07. The predicted molar refractivity (Wildman–Crippen MR) is 44.1 cm³/mol. The highest BCUT2D eigenvalue weighted by atomic mass is 16.5. The van der Waals surface area contributed by atoms with E-state index in [-0.39, 0.29) is 6.61 Å². The van der Waals surface area contributed by atoms with Crippen LogP contribution < -0.4 is 0 Å². The molecular weight excluding hydrogens is 186 g/mol. The third kappa shape index (κ3) is 1.62. The van der Waals surface area contributed by atoms with Gasteiger partial charge in [-0.3, -0.25) is 0 Å². The number of aromatic nitrogens is 5. The van der Waals surface area contributed by atoms with Crippen LogP contribution in [0.25, 0.3) is 0 Å². The highest BCUT2D eigenvalue weighted by Crippen LogP contribution is 2.01. The van der Waals surface area contributed by atoms with E-state index in [9.17, 15) is 0 Å². The Bertz CT molecular complexity index is 421. The van der Waals surface area contributed by atoms with Crippen LogP contribution >= 0.6 is 0 Å². The Balaban J connectivity index is 2.18. The van der Waals surface area contributed by atoms with Crippen LogP contribution in [0.5, 0.6) is 0 Å². The second-order valence-electron chi connectivity index (χ2n) is 2.76. The average molecular weight is 195 g/mol. The molecule has 0 unspecified atom stereocenters. The molecule has 0 bridgehead atoms. The van der Waals surface area contributed by atoms with E-state index in [0.29, 0.717) is 24.1 Å². The van der Waals surface area contributed by atoms with Gasteiger partial charge < -0.3 is 14.2 Å². The van der Waals surface area contributed by atoms with Gasteiger partial charge >= 0.3 is 0 Å². The van der Waals surface area contributed by atoms with Crippen molar-refractivity contribution in [2.75, 3.05) is 0 Å². The number of nitrogens with zero attached hydrogens (tertiary/aromatic N) is 5. The zero-order valence-corrected chi connectivity index (χ0v) is 7.58. The summed E-state index contributed by atoms with van der Waals surface area (Å²) < 4.78 is 6.47. The molecule has 0 saturated heterocycles. The molecule has 0 saturated carbocycles. The van der Waals surface area contributed by atoms with E-state index in [0.717, 1.165) is 0 Å². The molecule has 74 valence electrons. The molecule has 0 amide bonds. The Labute approximate surface area is 79.4 Å². The second-order valence-corrected chi connectivity index (χ2v) is 2.76. The van der Waals surface area contributed by atoms with Crippen LogP contribution in [0.3, 0.4) is 0 Å². The minimum Gasteiger partial charge on any atom is -0.388 e. The van der Waals surface area contributed by atoms with Crippen molar-refractivity contribution >= 4 is 0 Å². The molecule has 0 aliphatic rings. The molecule has 0 aliphatic heterocycles. The second kappa shape index (κ2) is 3.54. The molecule has 7 nitrogen and oxygen atoms in total. The van der Waals surface area contributed by atoms with Crippen LogP contribution in [-0.2, 0) is 13.2 Å². The van der Waals surface area contributed by atoms with Crippen LogP contribution in [0.15, 0.2) is 10.9 Å². The van der Waals surface area contributed by atoms with Crippen molar-refractivity contribution in [3.63, 3.8) is 0 Å². The van der Waals surface area contributed by atoms with E-state index in [1.807, 2.05) is 0 Å². The summed E-state index contributed by atoms with van der Waals surface area (Å²) in [7, 11) is 0. The summed E-state index contributed by atoms with van der Waals surface area (Å²) >= 11 is 0. The maximum Gasteiger partial charge on any atom is 0.223 e. The number of hydrogen-bond acceptors (Lipinski definition) is 6. The largest absolute Gasteiger partial charge is 0.388 e. The van der Waals surface area contributed by atoms with Crippen molar-refractivity contribution in [1.82, 2.24) is 24.9 Å². The molecule has 2 rings (SSSR count). The molecule has 0 spiro atoms. The lowest BCUT2D eigenvalue weighted by atomic mass is 10.5. The maximum atomic E-state index is 8.90. The van der Waals surface area contributed by atoms with Gasteiger partial charge in [0, 0.05) is 6.92 Å². The summed E-state index contributed by atoms with van der Waals surface area (Å²) in [6.07, 6.45) is 1.51. The fourth-order valence-corrected chi connectivity index (χ4v) is 1.09. The van der Waals surface area contributed by atoms with Gasteiger partial charge in [0.25, 0.3) is 0 Å². The van der Waals surface area contributed by atoms with Crippen molar-refractivity contribution in [1.29, 1.82) is 0 Å². The van der Waals surface area contributed by atoms with Crippen LogP contribution in [0.4, 0.5) is 0 Å².